The van der Waals surface area contributed by atoms with E-state index in [1.165, 1.54) is 11.8 Å². The van der Waals surface area contributed by atoms with Crippen molar-refractivity contribution in [3.8, 4) is 11.5 Å². The molecule has 7 heteroatoms. The maximum absolute atomic E-state index is 12.5. The lowest BCUT2D eigenvalue weighted by molar-refractivity contribution is 0.0943. The van der Waals surface area contributed by atoms with Gasteiger partial charge < -0.3 is 18.9 Å². The van der Waals surface area contributed by atoms with Crippen molar-refractivity contribution in [1.29, 1.82) is 0 Å². The third-order valence-electron chi connectivity index (χ3n) is 5.68. The Morgan fingerprint density at radius 3 is 2.30 bits per heavy atom. The van der Waals surface area contributed by atoms with Crippen LogP contribution >= 0.6 is 0 Å². The number of carbonyl (C=O) groups excluding carboxylic acids is 1. The van der Waals surface area contributed by atoms with E-state index in [0.29, 0.717) is 31.3 Å². The van der Waals surface area contributed by atoms with Crippen LogP contribution in [0.25, 0.3) is 0 Å². The Morgan fingerprint density at radius 1 is 0.784 bits per heavy atom. The quantitative estimate of drug-likeness (QED) is 0.236. The van der Waals surface area contributed by atoms with Crippen LogP contribution in [0.1, 0.15) is 33.3 Å². The van der Waals surface area contributed by atoms with Crippen LogP contribution in [0.4, 0.5) is 0 Å². The van der Waals surface area contributed by atoms with Gasteiger partial charge in [-0.3, -0.25) is 9.69 Å². The highest BCUT2D eigenvalue weighted by atomic mass is 16.5. The summed E-state index contributed by atoms with van der Waals surface area (Å²) >= 11 is 0. The third-order valence-corrected chi connectivity index (χ3v) is 5.68. The number of benzene rings is 3. The molecule has 0 saturated carbocycles. The molecular formula is C30H27N3O4. The number of nitrogens with one attached hydrogen (secondary N) is 1. The molecule has 37 heavy (non-hydrogen) atoms. The number of para-hydroxylation sites is 1. The van der Waals surface area contributed by atoms with Crippen molar-refractivity contribution in [3.63, 3.8) is 0 Å². The van der Waals surface area contributed by atoms with Gasteiger partial charge >= 0.3 is 0 Å². The summed E-state index contributed by atoms with van der Waals surface area (Å²) in [6.45, 7) is 2.05. The second kappa shape index (κ2) is 11.9. The first-order valence-corrected chi connectivity index (χ1v) is 12.0. The van der Waals surface area contributed by atoms with E-state index in [0.717, 1.165) is 17.1 Å². The molecular weight excluding hydrogens is 466 g/mol. The molecule has 1 N–H and O–H groups in total. The molecule has 0 aliphatic heterocycles. The number of rotatable bonds is 11. The lowest BCUT2D eigenvalue weighted by Crippen LogP contribution is -2.24. The van der Waals surface area contributed by atoms with Crippen molar-refractivity contribution in [3.05, 3.63) is 138 Å². The fourth-order valence-electron chi connectivity index (χ4n) is 3.95. The van der Waals surface area contributed by atoms with Crippen LogP contribution in [0.3, 0.4) is 0 Å². The summed E-state index contributed by atoms with van der Waals surface area (Å²) in [5.41, 5.74) is 2.49. The SMILES string of the molecule is O=C(NCc1ccco1)c1coc(CN(Cc2ccccc2)Cc2cccc(Oc3ccccc3)c2)n1. The summed E-state index contributed by atoms with van der Waals surface area (Å²) in [5.74, 6) is 2.39. The van der Waals surface area contributed by atoms with Gasteiger partial charge in [-0.1, -0.05) is 60.7 Å². The highest BCUT2D eigenvalue weighted by Crippen LogP contribution is 2.23. The second-order valence-corrected chi connectivity index (χ2v) is 8.58. The molecule has 2 heterocycles. The van der Waals surface area contributed by atoms with E-state index < -0.39 is 0 Å². The van der Waals surface area contributed by atoms with E-state index in [1.807, 2.05) is 66.7 Å². The number of furan rings is 1. The van der Waals surface area contributed by atoms with E-state index in [9.17, 15) is 4.79 Å². The maximum atomic E-state index is 12.5. The lowest BCUT2D eigenvalue weighted by atomic mass is 10.1. The first-order valence-electron chi connectivity index (χ1n) is 12.0. The molecule has 0 bridgehead atoms. The molecule has 0 radical (unpaired) electrons. The number of aromatic nitrogens is 1. The molecule has 0 spiro atoms. The van der Waals surface area contributed by atoms with Crippen LogP contribution in [0.2, 0.25) is 0 Å². The Hall–Kier alpha value is -4.62. The zero-order valence-electron chi connectivity index (χ0n) is 20.2. The van der Waals surface area contributed by atoms with Crippen molar-refractivity contribution in [2.24, 2.45) is 0 Å². The minimum Gasteiger partial charge on any atom is -0.467 e. The molecule has 5 rings (SSSR count). The van der Waals surface area contributed by atoms with Gasteiger partial charge in [0, 0.05) is 13.1 Å². The number of hydrogen-bond acceptors (Lipinski definition) is 6. The summed E-state index contributed by atoms with van der Waals surface area (Å²) in [6, 6.07) is 31.5. The Kier molecular flexibility index (Phi) is 7.73. The van der Waals surface area contributed by atoms with Crippen molar-refractivity contribution in [2.45, 2.75) is 26.2 Å². The molecule has 7 nitrogen and oxygen atoms in total. The standard InChI is InChI=1S/C30H27N3O4/c34-30(31-18-27-15-8-16-35-27)28-22-36-29(32-28)21-33(19-23-9-3-1-4-10-23)20-24-11-7-14-26(17-24)37-25-12-5-2-6-13-25/h1-17,22H,18-21H2,(H,31,34). The Labute approximate surface area is 215 Å². The molecule has 186 valence electrons. The van der Waals surface area contributed by atoms with Gasteiger partial charge in [-0.25, -0.2) is 4.98 Å². The molecule has 2 aromatic heterocycles. The fourth-order valence-corrected chi connectivity index (χ4v) is 3.95. The number of hydrogen-bond donors (Lipinski definition) is 1. The van der Waals surface area contributed by atoms with E-state index in [-0.39, 0.29) is 18.1 Å². The van der Waals surface area contributed by atoms with Gasteiger partial charge in [0.1, 0.15) is 23.5 Å². The average Bonchev–Trinajstić information content (AvgIpc) is 3.61. The Morgan fingerprint density at radius 2 is 1.51 bits per heavy atom. The van der Waals surface area contributed by atoms with Crippen LogP contribution in [0, 0.1) is 0 Å². The highest BCUT2D eigenvalue weighted by molar-refractivity contribution is 5.91. The van der Waals surface area contributed by atoms with E-state index in [2.05, 4.69) is 33.4 Å². The van der Waals surface area contributed by atoms with E-state index >= 15 is 0 Å². The van der Waals surface area contributed by atoms with Gasteiger partial charge in [0.2, 0.25) is 5.89 Å². The third kappa shape index (κ3) is 6.96. The monoisotopic (exact) mass is 493 g/mol. The van der Waals surface area contributed by atoms with E-state index in [1.54, 1.807) is 18.4 Å². The zero-order chi connectivity index (χ0) is 25.3. The van der Waals surface area contributed by atoms with Crippen LogP contribution in [-0.4, -0.2) is 15.8 Å². The maximum Gasteiger partial charge on any atom is 0.273 e. The van der Waals surface area contributed by atoms with Gasteiger partial charge in [-0.15, -0.1) is 0 Å². The summed E-state index contributed by atoms with van der Waals surface area (Å²) < 4.78 is 16.9. The normalized spacial score (nSPS) is 10.9. The molecule has 0 aliphatic carbocycles. The Balaban J connectivity index is 1.28. The van der Waals surface area contributed by atoms with Crippen molar-refractivity contribution in [2.75, 3.05) is 0 Å². The number of nitrogens with zero attached hydrogens (tertiary/aromatic N) is 2. The highest BCUT2D eigenvalue weighted by Gasteiger charge is 2.16. The number of amides is 1. The fraction of sp³-hybridized carbons (Fsp3) is 0.133. The summed E-state index contributed by atoms with van der Waals surface area (Å²) in [5, 5.41) is 2.79. The van der Waals surface area contributed by atoms with Gasteiger partial charge in [0.15, 0.2) is 5.69 Å². The van der Waals surface area contributed by atoms with Crippen LogP contribution < -0.4 is 10.1 Å². The minimum atomic E-state index is -0.313. The Bertz CT molecular complexity index is 1400. The molecule has 0 saturated heterocycles. The molecule has 5 aromatic rings. The minimum absolute atomic E-state index is 0.236. The molecule has 0 atom stereocenters. The molecule has 0 unspecified atom stereocenters. The smallest absolute Gasteiger partial charge is 0.273 e. The second-order valence-electron chi connectivity index (χ2n) is 8.58. The van der Waals surface area contributed by atoms with E-state index in [4.69, 9.17) is 13.6 Å². The van der Waals surface area contributed by atoms with Crippen molar-refractivity contribution >= 4 is 5.91 Å². The molecule has 1 amide bonds. The van der Waals surface area contributed by atoms with Crippen LogP contribution in [0.5, 0.6) is 11.5 Å². The summed E-state index contributed by atoms with van der Waals surface area (Å²) in [6.07, 6.45) is 2.96. The largest absolute Gasteiger partial charge is 0.467 e. The van der Waals surface area contributed by atoms with Gasteiger partial charge in [0.05, 0.1) is 19.4 Å². The topological polar surface area (TPSA) is 80.7 Å². The van der Waals surface area contributed by atoms with Crippen LogP contribution in [0.15, 0.2) is 118 Å². The van der Waals surface area contributed by atoms with Gasteiger partial charge in [-0.2, -0.15) is 0 Å². The van der Waals surface area contributed by atoms with Gasteiger partial charge in [0.25, 0.3) is 5.91 Å². The molecule has 0 aliphatic rings. The molecule has 0 fully saturated rings. The summed E-state index contributed by atoms with van der Waals surface area (Å²) in [7, 11) is 0. The first-order chi connectivity index (χ1) is 18.2. The number of carbonyl (C=O) groups is 1. The predicted octanol–water partition coefficient (Wildman–Crippen LogP) is 6.19. The first kappa shape index (κ1) is 24.1. The number of oxazole rings is 1. The van der Waals surface area contributed by atoms with Crippen LogP contribution in [-0.2, 0) is 26.2 Å². The predicted molar refractivity (Wildman–Crippen MR) is 139 cm³/mol. The van der Waals surface area contributed by atoms with Gasteiger partial charge in [-0.05, 0) is 47.5 Å². The number of ether oxygens (including phenoxy) is 1. The molecule has 3 aromatic carbocycles. The zero-order valence-corrected chi connectivity index (χ0v) is 20.2. The average molecular weight is 494 g/mol. The van der Waals surface area contributed by atoms with Crippen molar-refractivity contribution in [1.82, 2.24) is 15.2 Å². The lowest BCUT2D eigenvalue weighted by Gasteiger charge is -2.21. The van der Waals surface area contributed by atoms with Crippen molar-refractivity contribution < 1.29 is 18.4 Å². The summed E-state index contributed by atoms with van der Waals surface area (Å²) in [4.78, 5) is 19.2.